The fourth-order valence-electron chi connectivity index (χ4n) is 6.67. The molecule has 0 aliphatic carbocycles. The first-order valence-electron chi connectivity index (χ1n) is 12.7. The van der Waals surface area contributed by atoms with Crippen LogP contribution >= 0.6 is 0 Å². The Morgan fingerprint density at radius 3 is 2.35 bits per heavy atom. The van der Waals surface area contributed by atoms with E-state index in [1.807, 2.05) is 73.7 Å². The molecule has 3 aliphatic heterocycles. The smallest absolute Gasteiger partial charge is 0.266 e. The van der Waals surface area contributed by atoms with Gasteiger partial charge in [0.05, 0.1) is 34.1 Å². The third-order valence-electron chi connectivity index (χ3n) is 8.31. The summed E-state index contributed by atoms with van der Waals surface area (Å²) in [5.41, 5.74) is 2.42. The average Bonchev–Trinajstić information content (AvgIpc) is 3.49. The quantitative estimate of drug-likeness (QED) is 0.434. The lowest BCUT2D eigenvalue weighted by molar-refractivity contribution is -0.123. The number of anilines is 1. The van der Waals surface area contributed by atoms with E-state index in [0.717, 1.165) is 11.1 Å². The van der Waals surface area contributed by atoms with Crippen LogP contribution in [0, 0.1) is 24.7 Å². The first-order valence-corrected chi connectivity index (χ1v) is 12.7. The van der Waals surface area contributed by atoms with E-state index in [1.54, 1.807) is 10.6 Å². The molecular formula is C30H26N4O3. The molecule has 37 heavy (non-hydrogen) atoms. The Balaban J connectivity index is 1.53. The normalized spacial score (nSPS) is 25.8. The van der Waals surface area contributed by atoms with Crippen LogP contribution in [0.4, 0.5) is 5.69 Å². The summed E-state index contributed by atoms with van der Waals surface area (Å²) >= 11 is 0. The molecule has 1 N–H and O–H groups in total. The number of fused-ring (bicyclic) bond motifs is 8. The number of benzene rings is 3. The van der Waals surface area contributed by atoms with Gasteiger partial charge in [0.15, 0.2) is 0 Å². The number of carbonyl (C=O) groups excluding carboxylic acids is 2. The fourth-order valence-corrected chi connectivity index (χ4v) is 6.67. The largest absolute Gasteiger partial charge is 0.296 e. The Morgan fingerprint density at radius 2 is 1.59 bits per heavy atom. The third-order valence-corrected chi connectivity index (χ3v) is 8.31. The Labute approximate surface area is 213 Å². The zero-order valence-corrected chi connectivity index (χ0v) is 20.8. The van der Waals surface area contributed by atoms with E-state index >= 15 is 0 Å². The van der Waals surface area contributed by atoms with Crippen LogP contribution in [0.5, 0.6) is 0 Å². The number of nitrogens with one attached hydrogen (secondary N) is 1. The Bertz CT molecular complexity index is 1690. The minimum absolute atomic E-state index is 0.0648. The molecule has 2 fully saturated rings. The summed E-state index contributed by atoms with van der Waals surface area (Å²) in [5, 5.41) is 4.24. The molecule has 4 aromatic rings. The lowest BCUT2D eigenvalue weighted by Gasteiger charge is -2.32. The summed E-state index contributed by atoms with van der Waals surface area (Å²) in [6.07, 6.45) is 0. The van der Waals surface area contributed by atoms with Crippen molar-refractivity contribution in [3.63, 3.8) is 0 Å². The monoisotopic (exact) mass is 490 g/mol. The molecule has 7 nitrogen and oxygen atoms in total. The second-order valence-corrected chi connectivity index (χ2v) is 10.7. The van der Waals surface area contributed by atoms with E-state index in [2.05, 4.69) is 19.2 Å². The maximum Gasteiger partial charge on any atom is 0.266 e. The molecule has 4 heterocycles. The van der Waals surface area contributed by atoms with Crippen molar-refractivity contribution in [2.75, 3.05) is 4.90 Å². The molecule has 0 bridgehead atoms. The number of imide groups is 1. The lowest BCUT2D eigenvalue weighted by atomic mass is 9.75. The number of hydrogen-bond donors (Lipinski definition) is 1. The van der Waals surface area contributed by atoms with Gasteiger partial charge in [-0.1, -0.05) is 61.9 Å². The maximum absolute atomic E-state index is 14.3. The highest BCUT2D eigenvalue weighted by molar-refractivity contribution is 6.23. The molecule has 1 aromatic heterocycles. The molecule has 4 atom stereocenters. The van der Waals surface area contributed by atoms with Crippen LogP contribution in [-0.4, -0.2) is 27.4 Å². The number of carbonyl (C=O) groups is 2. The van der Waals surface area contributed by atoms with E-state index < -0.39 is 17.4 Å². The van der Waals surface area contributed by atoms with Crippen molar-refractivity contribution < 1.29 is 9.59 Å². The number of aromatic nitrogens is 2. The van der Waals surface area contributed by atoms with Crippen LogP contribution in [0.15, 0.2) is 77.6 Å². The fraction of sp³-hybridized carbons (Fsp3) is 0.267. The third kappa shape index (κ3) is 2.69. The number of aryl methyl sites for hydroxylation is 1. The molecule has 2 saturated heterocycles. The predicted octanol–water partition coefficient (Wildman–Crippen LogP) is 3.68. The first-order chi connectivity index (χ1) is 17.8. The molecule has 0 saturated carbocycles. The van der Waals surface area contributed by atoms with Gasteiger partial charge in [-0.2, -0.15) is 0 Å². The minimum atomic E-state index is -1.11. The zero-order valence-electron chi connectivity index (χ0n) is 20.8. The number of hydrogen-bond acceptors (Lipinski definition) is 5. The van der Waals surface area contributed by atoms with Crippen LogP contribution < -0.4 is 15.8 Å². The number of nitrogens with zero attached hydrogens (tertiary/aromatic N) is 3. The Morgan fingerprint density at radius 1 is 0.892 bits per heavy atom. The van der Waals surface area contributed by atoms with Gasteiger partial charge in [0, 0.05) is 11.6 Å². The molecule has 1 spiro atoms. The second-order valence-electron chi connectivity index (χ2n) is 10.7. The molecule has 7 rings (SSSR count). The Hall–Kier alpha value is -4.10. The van der Waals surface area contributed by atoms with Crippen molar-refractivity contribution in [3.05, 3.63) is 100 Å². The van der Waals surface area contributed by atoms with Crippen LogP contribution in [0.1, 0.15) is 30.8 Å². The van der Waals surface area contributed by atoms with Crippen LogP contribution in [0.25, 0.3) is 16.6 Å². The van der Waals surface area contributed by atoms with Gasteiger partial charge in [-0.05, 0) is 43.2 Å². The van der Waals surface area contributed by atoms with Crippen LogP contribution in [0.2, 0.25) is 0 Å². The zero-order chi connectivity index (χ0) is 25.6. The van der Waals surface area contributed by atoms with Gasteiger partial charge in [-0.25, -0.2) is 9.88 Å². The van der Waals surface area contributed by atoms with Crippen LogP contribution in [0.3, 0.4) is 0 Å². The van der Waals surface area contributed by atoms with Gasteiger partial charge in [0.1, 0.15) is 11.4 Å². The van der Waals surface area contributed by atoms with Crippen molar-refractivity contribution in [3.8, 4) is 5.69 Å². The van der Waals surface area contributed by atoms with Gasteiger partial charge < -0.3 is 0 Å². The van der Waals surface area contributed by atoms with E-state index in [-0.39, 0.29) is 29.3 Å². The number of para-hydroxylation sites is 2. The van der Waals surface area contributed by atoms with E-state index in [0.29, 0.717) is 28.1 Å². The molecule has 2 amide bonds. The summed E-state index contributed by atoms with van der Waals surface area (Å²) < 4.78 is 1.64. The lowest BCUT2D eigenvalue weighted by Crippen LogP contribution is -2.51. The van der Waals surface area contributed by atoms with Crippen LogP contribution in [-0.2, 0) is 15.1 Å². The predicted molar refractivity (Wildman–Crippen MR) is 141 cm³/mol. The summed E-state index contributed by atoms with van der Waals surface area (Å²) in [6, 6.07) is 22.1. The van der Waals surface area contributed by atoms with Crippen molar-refractivity contribution in [2.24, 2.45) is 17.8 Å². The molecular weight excluding hydrogens is 464 g/mol. The van der Waals surface area contributed by atoms with Gasteiger partial charge in [0.2, 0.25) is 11.8 Å². The van der Waals surface area contributed by atoms with Crippen molar-refractivity contribution in [2.45, 2.75) is 32.4 Å². The highest BCUT2D eigenvalue weighted by Crippen LogP contribution is 2.56. The maximum atomic E-state index is 14.3. The molecule has 184 valence electrons. The SMILES string of the molecule is Cc1ccc(N2C(=O)[C@H]3[C@H](C(C)C)N[C@@]4(c5ccccc5-n5c4nc4ccccc4c5=O)[C@H]3C2=O)cc1. The summed E-state index contributed by atoms with van der Waals surface area (Å²) in [7, 11) is 0. The van der Waals surface area contributed by atoms with E-state index in [4.69, 9.17) is 4.98 Å². The number of rotatable bonds is 2. The molecule has 3 aliphatic rings. The minimum Gasteiger partial charge on any atom is -0.296 e. The molecule has 7 heteroatoms. The van der Waals surface area contributed by atoms with Crippen molar-refractivity contribution in [1.82, 2.24) is 14.9 Å². The van der Waals surface area contributed by atoms with Gasteiger partial charge in [-0.15, -0.1) is 0 Å². The molecule has 0 radical (unpaired) electrons. The van der Waals surface area contributed by atoms with Gasteiger partial charge >= 0.3 is 0 Å². The van der Waals surface area contributed by atoms with E-state index in [1.165, 1.54) is 4.90 Å². The molecule has 3 aromatic carbocycles. The second kappa shape index (κ2) is 7.46. The summed E-state index contributed by atoms with van der Waals surface area (Å²) in [4.78, 5) is 48.5. The van der Waals surface area contributed by atoms with Gasteiger partial charge in [0.25, 0.3) is 5.56 Å². The Kier molecular flexibility index (Phi) is 4.46. The topological polar surface area (TPSA) is 84.3 Å². The van der Waals surface area contributed by atoms with Crippen molar-refractivity contribution in [1.29, 1.82) is 0 Å². The molecule has 0 unspecified atom stereocenters. The highest BCUT2D eigenvalue weighted by Gasteiger charge is 2.70. The summed E-state index contributed by atoms with van der Waals surface area (Å²) in [6.45, 7) is 6.09. The average molecular weight is 491 g/mol. The standard InChI is InChI=1S/C30H26N4O3/c1-16(2)25-23-24(28(37)33(27(23)36)18-14-12-17(3)13-15-18)30(32-25)20-9-5-7-11-22(20)34-26(35)19-8-4-6-10-21(19)31-29(30)34/h4-16,23-25,32H,1-3H3/t23-,24-,25+,30+/m1/s1. The van der Waals surface area contributed by atoms with E-state index in [9.17, 15) is 14.4 Å². The summed E-state index contributed by atoms with van der Waals surface area (Å²) in [5.74, 6) is -1.26. The first kappa shape index (κ1) is 22.1. The van der Waals surface area contributed by atoms with Crippen molar-refractivity contribution >= 4 is 28.4 Å². The number of amides is 2. The highest BCUT2D eigenvalue weighted by atomic mass is 16.2. The van der Waals surface area contributed by atoms with Gasteiger partial charge in [-0.3, -0.25) is 24.3 Å².